The van der Waals surface area contributed by atoms with E-state index in [9.17, 15) is 4.79 Å². The molecule has 5 heteroatoms. The van der Waals surface area contributed by atoms with Crippen LogP contribution in [0.15, 0.2) is 47.1 Å². The number of benzene rings is 1. The standard InChI is InChI=1S/C19H24ClN3O/c1-12(2)15-9-8-13(3)18(10-15)22-23-19(24)11-21-17-7-5-6-16(20)14(17)4/h5-8,15,21H,1,9-11H2,2-4H3,(H,23,24)/b22-18-/t15-/m1/s1. The monoisotopic (exact) mass is 345 g/mol. The fourth-order valence-electron chi connectivity index (χ4n) is 2.57. The van der Waals surface area contributed by atoms with E-state index in [0.29, 0.717) is 10.9 Å². The summed E-state index contributed by atoms with van der Waals surface area (Å²) in [6.45, 7) is 10.1. The van der Waals surface area contributed by atoms with Gasteiger partial charge in [0.15, 0.2) is 0 Å². The Hall–Kier alpha value is -2.07. The second-order valence-electron chi connectivity index (χ2n) is 6.23. The summed E-state index contributed by atoms with van der Waals surface area (Å²) in [7, 11) is 0. The molecule has 4 nitrogen and oxygen atoms in total. The first-order valence-corrected chi connectivity index (χ1v) is 8.43. The van der Waals surface area contributed by atoms with Crippen molar-refractivity contribution in [3.63, 3.8) is 0 Å². The van der Waals surface area contributed by atoms with Crippen LogP contribution in [0.4, 0.5) is 5.69 Å². The molecule has 0 radical (unpaired) electrons. The van der Waals surface area contributed by atoms with Gasteiger partial charge in [0.25, 0.3) is 5.91 Å². The van der Waals surface area contributed by atoms with Gasteiger partial charge in [0.2, 0.25) is 0 Å². The second kappa shape index (κ2) is 8.15. The van der Waals surface area contributed by atoms with Crippen molar-refractivity contribution in [2.45, 2.75) is 33.6 Å². The second-order valence-corrected chi connectivity index (χ2v) is 6.64. The van der Waals surface area contributed by atoms with Crippen LogP contribution >= 0.6 is 11.6 Å². The minimum atomic E-state index is -0.188. The number of allylic oxidation sites excluding steroid dienone is 3. The van der Waals surface area contributed by atoms with E-state index in [2.05, 4.69) is 28.5 Å². The van der Waals surface area contributed by atoms with Crippen LogP contribution < -0.4 is 10.7 Å². The van der Waals surface area contributed by atoms with Crippen LogP contribution in [0.25, 0.3) is 0 Å². The molecular weight excluding hydrogens is 322 g/mol. The summed E-state index contributed by atoms with van der Waals surface area (Å²) in [5.74, 6) is 0.212. The van der Waals surface area contributed by atoms with Gasteiger partial charge in [-0.15, -0.1) is 0 Å². The predicted molar refractivity (Wildman–Crippen MR) is 102 cm³/mol. The van der Waals surface area contributed by atoms with Gasteiger partial charge in [0.1, 0.15) is 0 Å². The van der Waals surface area contributed by atoms with Crippen molar-refractivity contribution < 1.29 is 4.79 Å². The Morgan fingerprint density at radius 3 is 2.88 bits per heavy atom. The highest BCUT2D eigenvalue weighted by atomic mass is 35.5. The Morgan fingerprint density at radius 1 is 1.42 bits per heavy atom. The normalized spacial score (nSPS) is 18.9. The van der Waals surface area contributed by atoms with Crippen LogP contribution in [0, 0.1) is 12.8 Å². The molecule has 1 amide bonds. The molecule has 0 fully saturated rings. The molecular formula is C19H24ClN3O. The van der Waals surface area contributed by atoms with Gasteiger partial charge < -0.3 is 5.32 Å². The minimum Gasteiger partial charge on any atom is -0.376 e. The SMILES string of the molecule is C=C(C)[C@@H]1CC=C(C)/C(=N\NC(=O)CNc2cccc(Cl)c2C)C1. The van der Waals surface area contributed by atoms with Crippen LogP contribution in [0.1, 0.15) is 32.3 Å². The smallest absolute Gasteiger partial charge is 0.259 e. The van der Waals surface area contributed by atoms with Gasteiger partial charge in [-0.1, -0.05) is 35.9 Å². The highest BCUT2D eigenvalue weighted by Gasteiger charge is 2.18. The molecule has 0 bridgehead atoms. The van der Waals surface area contributed by atoms with Crippen LogP contribution in [0.5, 0.6) is 0 Å². The highest BCUT2D eigenvalue weighted by molar-refractivity contribution is 6.31. The van der Waals surface area contributed by atoms with E-state index in [1.165, 1.54) is 0 Å². The summed E-state index contributed by atoms with van der Waals surface area (Å²) in [5.41, 5.74) is 7.59. The Bertz CT molecular complexity index is 707. The lowest BCUT2D eigenvalue weighted by atomic mass is 9.85. The van der Waals surface area contributed by atoms with Crippen molar-refractivity contribution in [2.24, 2.45) is 11.0 Å². The number of nitrogens with one attached hydrogen (secondary N) is 2. The van der Waals surface area contributed by atoms with E-state index in [1.807, 2.05) is 39.0 Å². The van der Waals surface area contributed by atoms with Gasteiger partial charge in [-0.25, -0.2) is 5.43 Å². The zero-order valence-corrected chi connectivity index (χ0v) is 15.2. The van der Waals surface area contributed by atoms with Gasteiger partial charge >= 0.3 is 0 Å². The molecule has 0 spiro atoms. The van der Waals surface area contributed by atoms with Crippen molar-refractivity contribution in [1.82, 2.24) is 5.43 Å². The molecule has 0 saturated heterocycles. The molecule has 0 heterocycles. The molecule has 1 aromatic carbocycles. The lowest BCUT2D eigenvalue weighted by Crippen LogP contribution is -2.28. The lowest BCUT2D eigenvalue weighted by Gasteiger charge is -2.22. The topological polar surface area (TPSA) is 53.5 Å². The highest BCUT2D eigenvalue weighted by Crippen LogP contribution is 2.26. The average molecular weight is 346 g/mol. The summed E-state index contributed by atoms with van der Waals surface area (Å²) in [5, 5.41) is 8.05. The van der Waals surface area contributed by atoms with Gasteiger partial charge in [0.05, 0.1) is 12.3 Å². The van der Waals surface area contributed by atoms with Crippen LogP contribution in [0.2, 0.25) is 5.02 Å². The molecule has 2 N–H and O–H groups in total. The third-order valence-electron chi connectivity index (χ3n) is 4.32. The van der Waals surface area contributed by atoms with Gasteiger partial charge in [-0.2, -0.15) is 5.10 Å². The number of amides is 1. The fourth-order valence-corrected chi connectivity index (χ4v) is 2.74. The Labute approximate surface area is 148 Å². The molecule has 1 atom stereocenters. The first-order valence-electron chi connectivity index (χ1n) is 8.05. The van der Waals surface area contributed by atoms with Crippen molar-refractivity contribution in [3.8, 4) is 0 Å². The number of hydrazone groups is 1. The number of halogens is 1. The zero-order chi connectivity index (χ0) is 17.7. The molecule has 24 heavy (non-hydrogen) atoms. The molecule has 0 aromatic heterocycles. The summed E-state index contributed by atoms with van der Waals surface area (Å²) in [4.78, 5) is 12.0. The molecule has 0 aliphatic heterocycles. The quantitative estimate of drug-likeness (QED) is 0.611. The number of hydrogen-bond donors (Lipinski definition) is 2. The first-order chi connectivity index (χ1) is 11.4. The van der Waals surface area contributed by atoms with Crippen LogP contribution in [0.3, 0.4) is 0 Å². The maximum absolute atomic E-state index is 12.0. The van der Waals surface area contributed by atoms with Crippen molar-refractivity contribution in [3.05, 3.63) is 52.6 Å². The summed E-state index contributed by atoms with van der Waals surface area (Å²) >= 11 is 6.07. The lowest BCUT2D eigenvalue weighted by molar-refractivity contribution is -0.119. The third kappa shape index (κ3) is 4.71. The van der Waals surface area contributed by atoms with Crippen LogP contribution in [-0.4, -0.2) is 18.2 Å². The van der Waals surface area contributed by atoms with E-state index in [1.54, 1.807) is 0 Å². The van der Waals surface area contributed by atoms with Crippen molar-refractivity contribution in [2.75, 3.05) is 11.9 Å². The maximum atomic E-state index is 12.0. The first kappa shape index (κ1) is 18.3. The molecule has 1 aromatic rings. The fraction of sp³-hybridized carbons (Fsp3) is 0.368. The summed E-state index contributed by atoms with van der Waals surface area (Å²) in [6, 6.07) is 5.57. The molecule has 2 rings (SSSR count). The Morgan fingerprint density at radius 2 is 2.17 bits per heavy atom. The van der Waals surface area contributed by atoms with E-state index in [-0.39, 0.29) is 12.5 Å². The van der Waals surface area contributed by atoms with Crippen molar-refractivity contribution in [1.29, 1.82) is 0 Å². The number of carbonyl (C=O) groups is 1. The van der Waals surface area contributed by atoms with E-state index >= 15 is 0 Å². The van der Waals surface area contributed by atoms with Gasteiger partial charge in [-0.05, 0) is 62.8 Å². The molecule has 1 aliphatic rings. The van der Waals surface area contributed by atoms with Gasteiger partial charge in [0, 0.05) is 10.7 Å². The van der Waals surface area contributed by atoms with E-state index < -0.39 is 0 Å². The average Bonchev–Trinajstić information content (AvgIpc) is 2.55. The Kier molecular flexibility index (Phi) is 6.21. The number of hydrogen-bond acceptors (Lipinski definition) is 3. The van der Waals surface area contributed by atoms with E-state index in [0.717, 1.165) is 41.0 Å². The summed E-state index contributed by atoms with van der Waals surface area (Å²) < 4.78 is 0. The van der Waals surface area contributed by atoms with Crippen LogP contribution in [-0.2, 0) is 4.79 Å². The maximum Gasteiger partial charge on any atom is 0.259 e. The predicted octanol–water partition coefficient (Wildman–Crippen LogP) is 4.46. The largest absolute Gasteiger partial charge is 0.376 e. The molecule has 1 aliphatic carbocycles. The molecule has 128 valence electrons. The number of anilines is 1. The number of nitrogens with zero attached hydrogens (tertiary/aromatic N) is 1. The summed E-state index contributed by atoms with van der Waals surface area (Å²) in [6.07, 6.45) is 3.96. The Balaban J connectivity index is 1.92. The molecule has 0 saturated carbocycles. The van der Waals surface area contributed by atoms with Gasteiger partial charge in [-0.3, -0.25) is 4.79 Å². The minimum absolute atomic E-state index is 0.143. The van der Waals surface area contributed by atoms with Crippen molar-refractivity contribution >= 4 is 28.9 Å². The number of carbonyl (C=O) groups excluding carboxylic acids is 1. The molecule has 0 unspecified atom stereocenters. The number of rotatable bonds is 5. The third-order valence-corrected chi connectivity index (χ3v) is 4.73. The van der Waals surface area contributed by atoms with E-state index in [4.69, 9.17) is 11.6 Å². The zero-order valence-electron chi connectivity index (χ0n) is 14.4.